The number of hydrogen-bond donors (Lipinski definition) is 2. The van der Waals surface area contributed by atoms with Gasteiger partial charge < -0.3 is 15.5 Å². The first-order valence-corrected chi connectivity index (χ1v) is 9.89. The molecular weight excluding hydrogens is 399 g/mol. The van der Waals surface area contributed by atoms with Gasteiger partial charge in [-0.2, -0.15) is 0 Å². The highest BCUT2D eigenvalue weighted by atomic mass is 35.5. The maximum Gasteiger partial charge on any atom is 0.324 e. The fraction of sp³-hybridized carbons (Fsp3) is 0.300. The summed E-state index contributed by atoms with van der Waals surface area (Å²) in [6, 6.07) is 12.3. The van der Waals surface area contributed by atoms with E-state index in [1.165, 1.54) is 0 Å². The zero-order valence-electron chi connectivity index (χ0n) is 15.5. The van der Waals surface area contributed by atoms with E-state index in [-0.39, 0.29) is 12.1 Å². The summed E-state index contributed by atoms with van der Waals surface area (Å²) < 4.78 is 0. The van der Waals surface area contributed by atoms with Crippen LogP contribution in [0, 0.1) is 0 Å². The van der Waals surface area contributed by atoms with E-state index in [1.807, 2.05) is 25.1 Å². The molecule has 2 aromatic carbocycles. The van der Waals surface area contributed by atoms with E-state index < -0.39 is 0 Å². The van der Waals surface area contributed by atoms with Gasteiger partial charge in [0.15, 0.2) is 0 Å². The molecule has 1 saturated heterocycles. The summed E-state index contributed by atoms with van der Waals surface area (Å²) in [6.45, 7) is 4.15. The minimum Gasteiger partial charge on any atom is -0.338 e. The van der Waals surface area contributed by atoms with Crippen molar-refractivity contribution in [1.29, 1.82) is 0 Å². The third-order valence-electron chi connectivity index (χ3n) is 4.42. The van der Waals surface area contributed by atoms with E-state index in [0.717, 1.165) is 17.7 Å². The zero-order chi connectivity index (χ0) is 20.1. The van der Waals surface area contributed by atoms with Crippen LogP contribution >= 0.6 is 23.2 Å². The second kappa shape index (κ2) is 9.17. The van der Waals surface area contributed by atoms with Crippen LogP contribution in [0.15, 0.2) is 42.5 Å². The van der Waals surface area contributed by atoms with E-state index in [4.69, 9.17) is 23.2 Å². The molecule has 148 valence electrons. The average Bonchev–Trinajstić information content (AvgIpc) is 2.67. The van der Waals surface area contributed by atoms with Crippen molar-refractivity contribution in [1.82, 2.24) is 10.2 Å². The molecule has 0 saturated carbocycles. The third kappa shape index (κ3) is 4.88. The quantitative estimate of drug-likeness (QED) is 0.716. The molecule has 0 bridgehead atoms. The predicted molar refractivity (Wildman–Crippen MR) is 113 cm³/mol. The van der Waals surface area contributed by atoms with Crippen molar-refractivity contribution >= 4 is 46.6 Å². The van der Waals surface area contributed by atoms with Gasteiger partial charge in [0.2, 0.25) is 0 Å². The van der Waals surface area contributed by atoms with Gasteiger partial charge in [-0.3, -0.25) is 4.90 Å². The average molecular weight is 421 g/mol. The lowest BCUT2D eigenvalue weighted by Crippen LogP contribution is -2.49. The first-order valence-electron chi connectivity index (χ1n) is 9.13. The predicted octanol–water partition coefficient (Wildman–Crippen LogP) is 4.97. The van der Waals surface area contributed by atoms with Crippen LogP contribution in [-0.4, -0.2) is 36.6 Å². The molecule has 6 nitrogen and oxygen atoms in total. The Morgan fingerprint density at radius 1 is 1.11 bits per heavy atom. The molecule has 2 N–H and O–H groups in total. The summed E-state index contributed by atoms with van der Waals surface area (Å²) >= 11 is 12.1. The summed E-state index contributed by atoms with van der Waals surface area (Å²) in [5.41, 5.74) is 2.31. The van der Waals surface area contributed by atoms with Crippen molar-refractivity contribution in [2.75, 3.05) is 29.9 Å². The molecule has 0 aliphatic carbocycles. The Hall–Kier alpha value is -2.44. The van der Waals surface area contributed by atoms with Gasteiger partial charge in [-0.1, -0.05) is 35.3 Å². The number of hydrogen-bond acceptors (Lipinski definition) is 2. The molecular formula is C20H22Cl2N4O2. The zero-order valence-corrected chi connectivity index (χ0v) is 17.1. The van der Waals surface area contributed by atoms with Crippen molar-refractivity contribution in [3.63, 3.8) is 0 Å². The van der Waals surface area contributed by atoms with E-state index in [0.29, 0.717) is 41.9 Å². The fourth-order valence-electron chi connectivity index (χ4n) is 3.11. The summed E-state index contributed by atoms with van der Waals surface area (Å²) in [4.78, 5) is 28.3. The molecule has 4 amide bonds. The molecule has 8 heteroatoms. The van der Waals surface area contributed by atoms with Crippen LogP contribution in [0.1, 0.15) is 18.9 Å². The van der Waals surface area contributed by atoms with Crippen LogP contribution in [0.3, 0.4) is 0 Å². The first-order chi connectivity index (χ1) is 13.5. The minimum atomic E-state index is -0.272. The number of carbonyl (C=O) groups excluding carboxylic acids is 2. The molecule has 0 radical (unpaired) electrons. The maximum absolute atomic E-state index is 13.0. The summed E-state index contributed by atoms with van der Waals surface area (Å²) in [7, 11) is 0. The molecule has 1 aliphatic heterocycles. The number of amides is 4. The van der Waals surface area contributed by atoms with Crippen LogP contribution in [-0.2, 0) is 6.54 Å². The van der Waals surface area contributed by atoms with Gasteiger partial charge in [0.25, 0.3) is 0 Å². The molecule has 28 heavy (non-hydrogen) atoms. The normalized spacial score (nSPS) is 14.2. The lowest BCUT2D eigenvalue weighted by molar-refractivity contribution is 0.192. The SMILES string of the molecule is CCNC(=O)Nc1cccc(N2CCCN(Cc3ccc(Cl)c(Cl)c3)C2=O)c1. The van der Waals surface area contributed by atoms with Gasteiger partial charge in [-0.15, -0.1) is 0 Å². The number of benzene rings is 2. The Bertz CT molecular complexity index is 875. The Kier molecular flexibility index (Phi) is 6.65. The lowest BCUT2D eigenvalue weighted by Gasteiger charge is -2.36. The Morgan fingerprint density at radius 2 is 1.93 bits per heavy atom. The van der Waals surface area contributed by atoms with Crippen LogP contribution in [0.2, 0.25) is 10.0 Å². The molecule has 1 aliphatic rings. The van der Waals surface area contributed by atoms with E-state index in [2.05, 4.69) is 10.6 Å². The van der Waals surface area contributed by atoms with Gasteiger partial charge in [-0.05, 0) is 49.2 Å². The van der Waals surface area contributed by atoms with Gasteiger partial charge in [-0.25, -0.2) is 9.59 Å². The van der Waals surface area contributed by atoms with Crippen molar-refractivity contribution < 1.29 is 9.59 Å². The fourth-order valence-corrected chi connectivity index (χ4v) is 3.43. The number of nitrogens with zero attached hydrogens (tertiary/aromatic N) is 2. The van der Waals surface area contributed by atoms with E-state index in [9.17, 15) is 9.59 Å². The molecule has 2 aromatic rings. The summed E-state index contributed by atoms with van der Waals surface area (Å²) in [5.74, 6) is 0. The Labute approximate surface area is 174 Å². The topological polar surface area (TPSA) is 64.7 Å². The molecule has 0 atom stereocenters. The number of anilines is 2. The highest BCUT2D eigenvalue weighted by molar-refractivity contribution is 6.42. The van der Waals surface area contributed by atoms with Crippen LogP contribution in [0.25, 0.3) is 0 Å². The largest absolute Gasteiger partial charge is 0.338 e. The second-order valence-corrected chi connectivity index (χ2v) is 7.31. The lowest BCUT2D eigenvalue weighted by atomic mass is 10.1. The molecule has 1 heterocycles. The Balaban J connectivity index is 1.73. The highest BCUT2D eigenvalue weighted by Gasteiger charge is 2.27. The van der Waals surface area contributed by atoms with Crippen molar-refractivity contribution in [3.8, 4) is 0 Å². The van der Waals surface area contributed by atoms with E-state index >= 15 is 0 Å². The number of halogens is 2. The molecule has 0 spiro atoms. The molecule has 3 rings (SSSR count). The van der Waals surface area contributed by atoms with Crippen molar-refractivity contribution in [2.24, 2.45) is 0 Å². The maximum atomic E-state index is 13.0. The Morgan fingerprint density at radius 3 is 2.68 bits per heavy atom. The van der Waals surface area contributed by atoms with Crippen LogP contribution in [0.5, 0.6) is 0 Å². The third-order valence-corrected chi connectivity index (χ3v) is 5.16. The highest BCUT2D eigenvalue weighted by Crippen LogP contribution is 2.26. The summed E-state index contributed by atoms with van der Waals surface area (Å²) in [5, 5.41) is 6.43. The monoisotopic (exact) mass is 420 g/mol. The van der Waals surface area contributed by atoms with Gasteiger partial charge in [0.05, 0.1) is 10.0 Å². The van der Waals surface area contributed by atoms with Gasteiger partial charge in [0, 0.05) is 37.6 Å². The first kappa shape index (κ1) is 20.3. The van der Waals surface area contributed by atoms with Crippen LogP contribution < -0.4 is 15.5 Å². The van der Waals surface area contributed by atoms with Gasteiger partial charge in [0.1, 0.15) is 0 Å². The number of carbonyl (C=O) groups is 2. The second-order valence-electron chi connectivity index (χ2n) is 6.49. The summed E-state index contributed by atoms with van der Waals surface area (Å²) in [6.07, 6.45) is 0.848. The van der Waals surface area contributed by atoms with Gasteiger partial charge >= 0.3 is 12.1 Å². The van der Waals surface area contributed by atoms with E-state index in [1.54, 1.807) is 34.1 Å². The minimum absolute atomic E-state index is 0.0764. The van der Waals surface area contributed by atoms with Crippen molar-refractivity contribution in [2.45, 2.75) is 19.9 Å². The molecule has 0 unspecified atom stereocenters. The number of nitrogens with one attached hydrogen (secondary N) is 2. The molecule has 1 fully saturated rings. The molecule has 0 aromatic heterocycles. The van der Waals surface area contributed by atoms with Crippen LogP contribution in [0.4, 0.5) is 21.0 Å². The number of rotatable bonds is 5. The standard InChI is InChI=1S/C20H22Cl2N4O2/c1-2-23-19(27)24-15-5-3-6-16(12-15)26-10-4-9-25(20(26)28)13-14-7-8-17(21)18(22)11-14/h3,5-8,11-12H,2,4,9-10,13H2,1H3,(H2,23,24,27). The van der Waals surface area contributed by atoms with Crippen molar-refractivity contribution in [3.05, 3.63) is 58.1 Å². The smallest absolute Gasteiger partial charge is 0.324 e. The number of urea groups is 2.